The summed E-state index contributed by atoms with van der Waals surface area (Å²) in [7, 11) is 0. The van der Waals surface area contributed by atoms with Crippen molar-refractivity contribution in [2.24, 2.45) is 0 Å². The maximum Gasteiger partial charge on any atom is 0.340 e. The molecule has 1 saturated heterocycles. The van der Waals surface area contributed by atoms with Gasteiger partial charge in [0.15, 0.2) is 0 Å². The van der Waals surface area contributed by atoms with Gasteiger partial charge in [-0.2, -0.15) is 0 Å². The van der Waals surface area contributed by atoms with Crippen molar-refractivity contribution < 1.29 is 14.3 Å². The van der Waals surface area contributed by atoms with Crippen molar-refractivity contribution in [3.63, 3.8) is 0 Å². The fraction of sp³-hybridized carbons (Fsp3) is 0.375. The van der Waals surface area contributed by atoms with Crippen LogP contribution in [0.4, 0.5) is 0 Å². The molecule has 0 spiro atoms. The van der Waals surface area contributed by atoms with E-state index in [4.69, 9.17) is 9.15 Å². The van der Waals surface area contributed by atoms with Gasteiger partial charge in [0.05, 0.1) is 6.10 Å². The van der Waals surface area contributed by atoms with Crippen LogP contribution in [-0.4, -0.2) is 24.4 Å². The van der Waals surface area contributed by atoms with Crippen molar-refractivity contribution in [3.8, 4) is 5.75 Å². The summed E-state index contributed by atoms with van der Waals surface area (Å²) in [4.78, 5) is 12.7. The molecule has 0 saturated carbocycles. The number of phenols is 1. The van der Waals surface area contributed by atoms with Gasteiger partial charge >= 0.3 is 5.63 Å². The third-order valence-electron chi connectivity index (χ3n) is 5.80. The van der Waals surface area contributed by atoms with E-state index in [-0.39, 0.29) is 17.5 Å². The maximum atomic E-state index is 12.7. The van der Waals surface area contributed by atoms with E-state index in [9.17, 15) is 9.90 Å². The Morgan fingerprint density at radius 2 is 1.97 bits per heavy atom. The maximum absolute atomic E-state index is 12.7. The highest BCUT2D eigenvalue weighted by Crippen LogP contribution is 2.33. The number of hydrogen-bond acceptors (Lipinski definition) is 5. The van der Waals surface area contributed by atoms with E-state index in [1.54, 1.807) is 6.92 Å². The van der Waals surface area contributed by atoms with Crippen molar-refractivity contribution in [2.45, 2.75) is 45.8 Å². The summed E-state index contributed by atoms with van der Waals surface area (Å²) in [5.41, 5.74) is 4.15. The summed E-state index contributed by atoms with van der Waals surface area (Å²) in [6.45, 7) is 5.88. The number of fused-ring (bicyclic) bond motifs is 1. The lowest BCUT2D eigenvalue weighted by Crippen LogP contribution is -2.25. The number of aryl methyl sites for hydroxylation is 2. The second-order valence-corrected chi connectivity index (χ2v) is 7.81. The molecule has 1 aliphatic heterocycles. The number of benzene rings is 2. The SMILES string of the molecule is Cc1c(Cc2ccccc2)c(=O)oc2c(C)c(O)c(CNC[C@@H]3CCCO3)cc12. The summed E-state index contributed by atoms with van der Waals surface area (Å²) >= 11 is 0. The lowest BCUT2D eigenvalue weighted by Gasteiger charge is -2.15. The van der Waals surface area contributed by atoms with Gasteiger partial charge in [0.25, 0.3) is 0 Å². The highest BCUT2D eigenvalue weighted by molar-refractivity contribution is 5.86. The van der Waals surface area contributed by atoms with Crippen molar-refractivity contribution in [1.29, 1.82) is 0 Å². The van der Waals surface area contributed by atoms with Crippen LogP contribution in [0.25, 0.3) is 11.0 Å². The molecule has 1 fully saturated rings. The standard InChI is InChI=1S/C24H27NO4/c1-15-20-12-18(13-25-14-19-9-6-10-28-19)22(26)16(2)23(20)29-24(27)21(15)11-17-7-4-3-5-8-17/h3-5,7-8,12,19,25-26H,6,9-11,13-14H2,1-2H3/t19-/m0/s1. The van der Waals surface area contributed by atoms with Crippen molar-refractivity contribution in [2.75, 3.05) is 13.2 Å². The zero-order valence-electron chi connectivity index (χ0n) is 17.0. The van der Waals surface area contributed by atoms with Gasteiger partial charge in [0, 0.05) is 48.2 Å². The minimum absolute atomic E-state index is 0.177. The Labute approximate surface area is 170 Å². The number of nitrogens with one attached hydrogen (secondary N) is 1. The van der Waals surface area contributed by atoms with Crippen LogP contribution >= 0.6 is 0 Å². The molecule has 2 N–H and O–H groups in total. The van der Waals surface area contributed by atoms with E-state index in [2.05, 4.69) is 5.32 Å². The average Bonchev–Trinajstić information content (AvgIpc) is 3.24. The first-order chi connectivity index (χ1) is 14.0. The van der Waals surface area contributed by atoms with E-state index < -0.39 is 0 Å². The molecular weight excluding hydrogens is 366 g/mol. The fourth-order valence-corrected chi connectivity index (χ4v) is 4.05. The van der Waals surface area contributed by atoms with E-state index in [0.29, 0.717) is 29.7 Å². The van der Waals surface area contributed by atoms with Gasteiger partial charge in [-0.3, -0.25) is 0 Å². The van der Waals surface area contributed by atoms with E-state index in [1.165, 1.54) is 0 Å². The van der Waals surface area contributed by atoms with Crippen LogP contribution in [-0.2, 0) is 17.7 Å². The molecule has 1 aromatic heterocycles. The summed E-state index contributed by atoms with van der Waals surface area (Å²) in [6, 6.07) is 11.8. The molecule has 5 heteroatoms. The minimum Gasteiger partial charge on any atom is -0.507 e. The van der Waals surface area contributed by atoms with Gasteiger partial charge in [-0.1, -0.05) is 30.3 Å². The van der Waals surface area contributed by atoms with Crippen LogP contribution in [0.2, 0.25) is 0 Å². The predicted molar refractivity (Wildman–Crippen MR) is 114 cm³/mol. The van der Waals surface area contributed by atoms with Gasteiger partial charge in [-0.15, -0.1) is 0 Å². The molecule has 1 atom stereocenters. The summed E-state index contributed by atoms with van der Waals surface area (Å²) in [5, 5.41) is 14.9. The predicted octanol–water partition coefficient (Wildman–Crippen LogP) is 3.97. The quantitative estimate of drug-likeness (QED) is 0.620. The second kappa shape index (κ2) is 8.39. The third kappa shape index (κ3) is 4.07. The van der Waals surface area contributed by atoms with Crippen LogP contribution < -0.4 is 10.9 Å². The van der Waals surface area contributed by atoms with Crippen LogP contribution in [0.15, 0.2) is 45.6 Å². The molecule has 3 aromatic rings. The Morgan fingerprint density at radius 1 is 1.17 bits per heavy atom. The van der Waals surface area contributed by atoms with E-state index >= 15 is 0 Å². The number of ether oxygens (including phenoxy) is 1. The van der Waals surface area contributed by atoms with Crippen LogP contribution in [0.5, 0.6) is 5.75 Å². The van der Waals surface area contributed by atoms with E-state index in [1.807, 2.05) is 43.3 Å². The first-order valence-electron chi connectivity index (χ1n) is 10.2. The van der Waals surface area contributed by atoms with Gasteiger partial charge in [-0.05, 0) is 43.9 Å². The Kier molecular flexibility index (Phi) is 5.69. The monoisotopic (exact) mass is 393 g/mol. The molecule has 152 valence electrons. The fourth-order valence-electron chi connectivity index (χ4n) is 4.05. The summed E-state index contributed by atoms with van der Waals surface area (Å²) in [5.74, 6) is 0.177. The Morgan fingerprint density at radius 3 is 2.69 bits per heavy atom. The molecule has 0 aliphatic carbocycles. The molecule has 0 amide bonds. The average molecular weight is 393 g/mol. The summed E-state index contributed by atoms with van der Waals surface area (Å²) in [6.07, 6.45) is 2.95. The zero-order valence-corrected chi connectivity index (χ0v) is 17.0. The first-order valence-corrected chi connectivity index (χ1v) is 10.2. The zero-order chi connectivity index (χ0) is 20.4. The second-order valence-electron chi connectivity index (χ2n) is 7.81. The van der Waals surface area contributed by atoms with Crippen LogP contribution in [0.1, 0.15) is 40.7 Å². The van der Waals surface area contributed by atoms with Gasteiger partial charge in [-0.25, -0.2) is 4.79 Å². The smallest absolute Gasteiger partial charge is 0.340 e. The van der Waals surface area contributed by atoms with E-state index in [0.717, 1.165) is 48.1 Å². The van der Waals surface area contributed by atoms with Crippen LogP contribution in [0.3, 0.4) is 0 Å². The molecular formula is C24H27NO4. The largest absolute Gasteiger partial charge is 0.507 e. The molecule has 2 heterocycles. The Balaban J connectivity index is 1.67. The molecule has 4 rings (SSSR count). The van der Waals surface area contributed by atoms with Crippen molar-refractivity contribution >= 4 is 11.0 Å². The van der Waals surface area contributed by atoms with Crippen molar-refractivity contribution in [3.05, 3.63) is 74.6 Å². The first kappa shape index (κ1) is 19.7. The summed E-state index contributed by atoms with van der Waals surface area (Å²) < 4.78 is 11.3. The molecule has 0 bridgehead atoms. The van der Waals surface area contributed by atoms with Gasteiger partial charge in [0.2, 0.25) is 0 Å². The normalized spacial score (nSPS) is 16.6. The number of hydrogen-bond donors (Lipinski definition) is 2. The highest BCUT2D eigenvalue weighted by atomic mass is 16.5. The van der Waals surface area contributed by atoms with Gasteiger partial charge < -0.3 is 19.6 Å². The number of rotatable bonds is 6. The third-order valence-corrected chi connectivity index (χ3v) is 5.80. The number of aromatic hydroxyl groups is 1. The Hall–Kier alpha value is -2.63. The molecule has 0 unspecified atom stereocenters. The topological polar surface area (TPSA) is 71.7 Å². The number of phenolic OH excluding ortho intramolecular Hbond substituents is 1. The molecule has 1 aliphatic rings. The van der Waals surface area contributed by atoms with Gasteiger partial charge in [0.1, 0.15) is 11.3 Å². The molecule has 0 radical (unpaired) electrons. The molecule has 29 heavy (non-hydrogen) atoms. The highest BCUT2D eigenvalue weighted by Gasteiger charge is 2.19. The molecule has 5 nitrogen and oxygen atoms in total. The molecule has 2 aromatic carbocycles. The minimum atomic E-state index is -0.342. The Bertz CT molecular complexity index is 1070. The van der Waals surface area contributed by atoms with Crippen LogP contribution in [0, 0.1) is 13.8 Å². The van der Waals surface area contributed by atoms with Crippen molar-refractivity contribution in [1.82, 2.24) is 5.32 Å². The lowest BCUT2D eigenvalue weighted by molar-refractivity contribution is 0.110. The lowest BCUT2D eigenvalue weighted by atomic mass is 9.96.